The number of rotatable bonds is 5. The number of hydrogen-bond donors (Lipinski definition) is 2. The highest BCUT2D eigenvalue weighted by Gasteiger charge is 2.35. The Labute approximate surface area is 102 Å². The zero-order chi connectivity index (χ0) is 12.3. The first-order chi connectivity index (χ1) is 8.24. The van der Waals surface area contributed by atoms with E-state index in [4.69, 9.17) is 10.5 Å². The van der Waals surface area contributed by atoms with E-state index in [2.05, 4.69) is 10.2 Å². The Hall–Kier alpha value is -0.850. The van der Waals surface area contributed by atoms with Gasteiger partial charge in [0.25, 0.3) is 0 Å². The van der Waals surface area contributed by atoms with Crippen LogP contribution in [0.5, 0.6) is 0 Å². The second-order valence-electron chi connectivity index (χ2n) is 4.61. The zero-order valence-corrected chi connectivity index (χ0v) is 10.4. The summed E-state index contributed by atoms with van der Waals surface area (Å²) in [5, 5.41) is 2.88. The first-order valence-corrected chi connectivity index (χ1v) is 6.33. The number of carbonyl (C=O) groups excluding carboxylic acids is 1. The van der Waals surface area contributed by atoms with Crippen LogP contribution >= 0.6 is 0 Å². The summed E-state index contributed by atoms with van der Waals surface area (Å²) in [7, 11) is 0. The summed E-state index contributed by atoms with van der Waals surface area (Å²) in [5.74, 6) is 0. The van der Waals surface area contributed by atoms with E-state index in [1.54, 1.807) is 0 Å². The smallest absolute Gasteiger partial charge is 0.317 e. The fourth-order valence-electron chi connectivity index (χ4n) is 2.55. The predicted molar refractivity (Wildman–Crippen MR) is 64.8 cm³/mol. The number of nitrogens with two attached hydrogens (primary N) is 1. The number of piperazine rings is 1. The van der Waals surface area contributed by atoms with Gasteiger partial charge in [0.15, 0.2) is 0 Å². The molecule has 2 fully saturated rings. The minimum absolute atomic E-state index is 0.0785. The normalized spacial score (nSPS) is 26.8. The number of fused-ring (bicyclic) bond motifs is 1. The molecule has 0 spiro atoms. The van der Waals surface area contributed by atoms with Crippen molar-refractivity contribution >= 4 is 6.03 Å². The van der Waals surface area contributed by atoms with Gasteiger partial charge in [-0.25, -0.2) is 4.79 Å². The largest absolute Gasteiger partial charge is 0.376 e. The lowest BCUT2D eigenvalue weighted by molar-refractivity contribution is 0.0224. The highest BCUT2D eigenvalue weighted by molar-refractivity contribution is 5.77. The summed E-state index contributed by atoms with van der Waals surface area (Å²) in [6.45, 7) is 7.50. The standard InChI is InChI=1S/C11H22N4O2/c1-2-17-10(5-12)8-14-3-4-15-9(7-14)6-13-11(15)16/h9-10H,2-8,12H2,1H3,(H,13,16). The summed E-state index contributed by atoms with van der Waals surface area (Å²) in [4.78, 5) is 15.7. The molecule has 0 aliphatic carbocycles. The van der Waals surface area contributed by atoms with E-state index in [1.165, 1.54) is 0 Å². The molecule has 17 heavy (non-hydrogen) atoms. The topological polar surface area (TPSA) is 70.8 Å². The Balaban J connectivity index is 1.82. The Morgan fingerprint density at radius 3 is 3.12 bits per heavy atom. The van der Waals surface area contributed by atoms with Crippen molar-refractivity contribution in [2.75, 3.05) is 45.9 Å². The van der Waals surface area contributed by atoms with Gasteiger partial charge in [0.1, 0.15) is 0 Å². The second kappa shape index (κ2) is 5.66. The van der Waals surface area contributed by atoms with Crippen LogP contribution in [0.3, 0.4) is 0 Å². The predicted octanol–water partition coefficient (Wildman–Crippen LogP) is -0.940. The summed E-state index contributed by atoms with van der Waals surface area (Å²) in [6, 6.07) is 0.395. The van der Waals surface area contributed by atoms with Crippen LogP contribution in [-0.4, -0.2) is 73.9 Å². The number of urea groups is 1. The van der Waals surface area contributed by atoms with Crippen LogP contribution in [0, 0.1) is 0 Å². The van der Waals surface area contributed by atoms with Gasteiger partial charge in [-0.1, -0.05) is 0 Å². The first kappa shape index (κ1) is 12.6. The van der Waals surface area contributed by atoms with E-state index in [9.17, 15) is 4.79 Å². The lowest BCUT2D eigenvalue weighted by Gasteiger charge is -2.37. The molecule has 2 amide bonds. The number of nitrogens with one attached hydrogen (secondary N) is 1. The summed E-state index contributed by atoms with van der Waals surface area (Å²) in [6.07, 6.45) is 0.108. The minimum atomic E-state index is 0.0785. The van der Waals surface area contributed by atoms with Gasteiger partial charge in [-0.15, -0.1) is 0 Å². The van der Waals surface area contributed by atoms with Gasteiger partial charge >= 0.3 is 6.03 Å². The minimum Gasteiger partial charge on any atom is -0.376 e. The van der Waals surface area contributed by atoms with Crippen molar-refractivity contribution in [1.82, 2.24) is 15.1 Å². The van der Waals surface area contributed by atoms with Crippen LogP contribution in [0.25, 0.3) is 0 Å². The maximum absolute atomic E-state index is 11.4. The molecule has 2 atom stereocenters. The van der Waals surface area contributed by atoms with E-state index >= 15 is 0 Å². The monoisotopic (exact) mass is 242 g/mol. The number of carbonyl (C=O) groups is 1. The number of nitrogens with zero attached hydrogens (tertiary/aromatic N) is 2. The average molecular weight is 242 g/mol. The lowest BCUT2D eigenvalue weighted by atomic mass is 10.2. The van der Waals surface area contributed by atoms with E-state index in [1.807, 2.05) is 11.8 Å². The van der Waals surface area contributed by atoms with E-state index in [-0.39, 0.29) is 12.1 Å². The molecule has 6 nitrogen and oxygen atoms in total. The molecular weight excluding hydrogens is 220 g/mol. The van der Waals surface area contributed by atoms with Crippen molar-refractivity contribution in [3.05, 3.63) is 0 Å². The van der Waals surface area contributed by atoms with E-state index < -0.39 is 0 Å². The molecule has 2 aliphatic heterocycles. The maximum atomic E-state index is 11.4. The number of ether oxygens (including phenoxy) is 1. The molecule has 3 N–H and O–H groups in total. The molecule has 0 bridgehead atoms. The molecule has 2 rings (SSSR count). The van der Waals surface area contributed by atoms with Crippen molar-refractivity contribution < 1.29 is 9.53 Å². The third kappa shape index (κ3) is 2.88. The molecular formula is C11H22N4O2. The third-order valence-electron chi connectivity index (χ3n) is 3.44. The van der Waals surface area contributed by atoms with Crippen LogP contribution in [0.2, 0.25) is 0 Å². The third-order valence-corrected chi connectivity index (χ3v) is 3.44. The van der Waals surface area contributed by atoms with Crippen molar-refractivity contribution in [2.45, 2.75) is 19.1 Å². The molecule has 98 valence electrons. The molecule has 0 saturated carbocycles. The highest BCUT2D eigenvalue weighted by atomic mass is 16.5. The van der Waals surface area contributed by atoms with Crippen LogP contribution in [0.4, 0.5) is 4.79 Å². The van der Waals surface area contributed by atoms with Crippen molar-refractivity contribution in [3.63, 3.8) is 0 Å². The number of hydrogen-bond acceptors (Lipinski definition) is 4. The van der Waals surface area contributed by atoms with Gasteiger partial charge in [0.2, 0.25) is 0 Å². The average Bonchev–Trinajstić information content (AvgIpc) is 2.70. The van der Waals surface area contributed by atoms with Crippen molar-refractivity contribution in [2.24, 2.45) is 5.73 Å². The quantitative estimate of drug-likeness (QED) is 0.653. The van der Waals surface area contributed by atoms with Gasteiger partial charge in [-0.2, -0.15) is 0 Å². The summed E-state index contributed by atoms with van der Waals surface area (Å²) >= 11 is 0. The molecule has 0 aromatic rings. The Kier molecular flexibility index (Phi) is 4.20. The van der Waals surface area contributed by atoms with Gasteiger partial charge in [-0.05, 0) is 6.92 Å². The maximum Gasteiger partial charge on any atom is 0.317 e. The SMILES string of the molecule is CCOC(CN)CN1CCN2C(=O)NCC2C1. The van der Waals surface area contributed by atoms with E-state index in [0.29, 0.717) is 19.2 Å². The molecule has 0 aromatic heterocycles. The molecule has 2 unspecified atom stereocenters. The summed E-state index contributed by atoms with van der Waals surface area (Å²) in [5.41, 5.74) is 5.68. The molecule has 2 aliphatic rings. The van der Waals surface area contributed by atoms with Crippen molar-refractivity contribution in [1.29, 1.82) is 0 Å². The van der Waals surface area contributed by atoms with Gasteiger partial charge in [-0.3, -0.25) is 4.90 Å². The van der Waals surface area contributed by atoms with Gasteiger partial charge < -0.3 is 20.7 Å². The molecule has 0 radical (unpaired) electrons. The summed E-state index contributed by atoms with van der Waals surface area (Å²) < 4.78 is 5.56. The van der Waals surface area contributed by atoms with Crippen LogP contribution in [-0.2, 0) is 4.74 Å². The van der Waals surface area contributed by atoms with Crippen LogP contribution < -0.4 is 11.1 Å². The molecule has 2 heterocycles. The number of amides is 2. The molecule has 6 heteroatoms. The fourth-order valence-corrected chi connectivity index (χ4v) is 2.55. The van der Waals surface area contributed by atoms with Gasteiger partial charge in [0.05, 0.1) is 12.1 Å². The van der Waals surface area contributed by atoms with E-state index in [0.717, 1.165) is 32.7 Å². The molecule has 2 saturated heterocycles. The van der Waals surface area contributed by atoms with Crippen molar-refractivity contribution in [3.8, 4) is 0 Å². The van der Waals surface area contributed by atoms with Crippen LogP contribution in [0.1, 0.15) is 6.92 Å². The Morgan fingerprint density at radius 2 is 2.41 bits per heavy atom. The van der Waals surface area contributed by atoms with Gasteiger partial charge in [0, 0.05) is 45.9 Å². The molecule has 0 aromatic carbocycles. The highest BCUT2D eigenvalue weighted by Crippen LogP contribution is 2.14. The Morgan fingerprint density at radius 1 is 1.59 bits per heavy atom. The first-order valence-electron chi connectivity index (χ1n) is 6.33. The zero-order valence-electron chi connectivity index (χ0n) is 10.4. The van der Waals surface area contributed by atoms with Crippen LogP contribution in [0.15, 0.2) is 0 Å². The lowest BCUT2D eigenvalue weighted by Crippen LogP contribution is -2.54. The fraction of sp³-hybridized carbons (Fsp3) is 0.909. The Bertz CT molecular complexity index is 274. The second-order valence-corrected chi connectivity index (χ2v) is 4.61.